The summed E-state index contributed by atoms with van der Waals surface area (Å²) in [6.45, 7) is 1.65. The van der Waals surface area contributed by atoms with Crippen molar-refractivity contribution >= 4 is 23.8 Å². The fourth-order valence-corrected chi connectivity index (χ4v) is 3.11. The predicted molar refractivity (Wildman–Crippen MR) is 80.4 cm³/mol. The number of carbonyl (C=O) groups is 3. The fraction of sp³-hybridized carbons (Fsp3) is 0.500. The van der Waals surface area contributed by atoms with Gasteiger partial charge in [0.25, 0.3) is 0 Å². The first-order valence-corrected chi connectivity index (χ1v) is 7.66. The van der Waals surface area contributed by atoms with Gasteiger partial charge in [-0.3, -0.25) is 19.9 Å². The SMILES string of the molecule is O=CC1CCN(c2cncc(C3CCC(=O)NC3=O)c2)CC1. The van der Waals surface area contributed by atoms with Crippen molar-refractivity contribution in [1.82, 2.24) is 10.3 Å². The van der Waals surface area contributed by atoms with Crippen molar-refractivity contribution in [3.8, 4) is 0 Å². The number of piperidine rings is 2. The minimum atomic E-state index is -0.308. The van der Waals surface area contributed by atoms with Crippen molar-refractivity contribution in [3.63, 3.8) is 0 Å². The molecular formula is C16H19N3O3. The van der Waals surface area contributed by atoms with Crippen LogP contribution in [-0.2, 0) is 14.4 Å². The summed E-state index contributed by atoms with van der Waals surface area (Å²) in [5, 5.41) is 2.38. The summed E-state index contributed by atoms with van der Waals surface area (Å²) in [5.74, 6) is -0.601. The van der Waals surface area contributed by atoms with Crippen LogP contribution in [0, 0.1) is 5.92 Å². The number of aldehydes is 1. The van der Waals surface area contributed by atoms with E-state index in [0.717, 1.165) is 43.5 Å². The zero-order valence-electron chi connectivity index (χ0n) is 12.3. The van der Waals surface area contributed by atoms with E-state index in [1.165, 1.54) is 0 Å². The number of anilines is 1. The highest BCUT2D eigenvalue weighted by atomic mass is 16.2. The average Bonchev–Trinajstić information content (AvgIpc) is 2.55. The summed E-state index contributed by atoms with van der Waals surface area (Å²) < 4.78 is 0. The van der Waals surface area contributed by atoms with E-state index in [-0.39, 0.29) is 23.7 Å². The van der Waals surface area contributed by atoms with Crippen LogP contribution in [0.1, 0.15) is 37.2 Å². The van der Waals surface area contributed by atoms with E-state index in [4.69, 9.17) is 0 Å². The Bertz CT molecular complexity index is 594. The molecule has 1 aromatic rings. The second-order valence-corrected chi connectivity index (χ2v) is 5.94. The zero-order valence-corrected chi connectivity index (χ0v) is 12.3. The van der Waals surface area contributed by atoms with Crippen LogP contribution in [-0.4, -0.2) is 36.2 Å². The highest BCUT2D eigenvalue weighted by Gasteiger charge is 2.29. The molecule has 0 saturated carbocycles. The van der Waals surface area contributed by atoms with Crippen LogP contribution in [0.2, 0.25) is 0 Å². The third kappa shape index (κ3) is 3.00. The van der Waals surface area contributed by atoms with Crippen LogP contribution in [0.5, 0.6) is 0 Å². The average molecular weight is 301 g/mol. The summed E-state index contributed by atoms with van der Waals surface area (Å²) in [6.07, 6.45) is 7.13. The van der Waals surface area contributed by atoms with Crippen LogP contribution >= 0.6 is 0 Å². The number of hydrogen-bond donors (Lipinski definition) is 1. The van der Waals surface area contributed by atoms with Gasteiger partial charge < -0.3 is 9.69 Å². The summed E-state index contributed by atoms with van der Waals surface area (Å²) >= 11 is 0. The molecular weight excluding hydrogens is 282 g/mol. The van der Waals surface area contributed by atoms with Crippen molar-refractivity contribution in [1.29, 1.82) is 0 Å². The Balaban J connectivity index is 1.74. The molecule has 2 aliphatic heterocycles. The Hall–Kier alpha value is -2.24. The molecule has 2 fully saturated rings. The molecule has 2 aliphatic rings. The number of amides is 2. The Morgan fingerprint density at radius 1 is 1.18 bits per heavy atom. The van der Waals surface area contributed by atoms with Crippen molar-refractivity contribution in [2.45, 2.75) is 31.6 Å². The summed E-state index contributed by atoms with van der Waals surface area (Å²) in [5.41, 5.74) is 1.83. The molecule has 0 aromatic carbocycles. The molecule has 0 bridgehead atoms. The first kappa shape index (κ1) is 14.7. The quantitative estimate of drug-likeness (QED) is 0.666. The minimum absolute atomic E-state index is 0.155. The van der Waals surface area contributed by atoms with Crippen LogP contribution in [0.25, 0.3) is 0 Å². The molecule has 2 saturated heterocycles. The normalized spacial score (nSPS) is 23.3. The van der Waals surface area contributed by atoms with Gasteiger partial charge in [0.05, 0.1) is 17.8 Å². The maximum Gasteiger partial charge on any atom is 0.234 e. The van der Waals surface area contributed by atoms with Gasteiger partial charge in [0.15, 0.2) is 0 Å². The number of imide groups is 1. The largest absolute Gasteiger partial charge is 0.370 e. The van der Waals surface area contributed by atoms with E-state index >= 15 is 0 Å². The smallest absolute Gasteiger partial charge is 0.234 e. The molecule has 6 nitrogen and oxygen atoms in total. The van der Waals surface area contributed by atoms with Crippen LogP contribution in [0.3, 0.4) is 0 Å². The molecule has 3 rings (SSSR count). The lowest BCUT2D eigenvalue weighted by molar-refractivity contribution is -0.134. The first-order chi connectivity index (χ1) is 10.7. The van der Waals surface area contributed by atoms with Gasteiger partial charge >= 0.3 is 0 Å². The summed E-state index contributed by atoms with van der Waals surface area (Å²) in [7, 11) is 0. The lowest BCUT2D eigenvalue weighted by Gasteiger charge is -2.32. The van der Waals surface area contributed by atoms with Gasteiger partial charge in [0.2, 0.25) is 11.8 Å². The minimum Gasteiger partial charge on any atom is -0.370 e. The number of carbonyl (C=O) groups excluding carboxylic acids is 3. The molecule has 1 atom stereocenters. The van der Waals surface area contributed by atoms with Gasteiger partial charge in [0.1, 0.15) is 6.29 Å². The molecule has 22 heavy (non-hydrogen) atoms. The maximum absolute atomic E-state index is 12.0. The van der Waals surface area contributed by atoms with Gasteiger partial charge in [-0.2, -0.15) is 0 Å². The van der Waals surface area contributed by atoms with Crippen LogP contribution in [0.4, 0.5) is 5.69 Å². The molecule has 0 radical (unpaired) electrons. The van der Waals surface area contributed by atoms with Gasteiger partial charge in [0, 0.05) is 31.6 Å². The fourth-order valence-electron chi connectivity index (χ4n) is 3.11. The molecule has 1 unspecified atom stereocenters. The van der Waals surface area contributed by atoms with Gasteiger partial charge in [-0.05, 0) is 30.9 Å². The number of rotatable bonds is 3. The van der Waals surface area contributed by atoms with E-state index in [1.807, 2.05) is 6.07 Å². The number of aromatic nitrogens is 1. The van der Waals surface area contributed by atoms with Gasteiger partial charge in [-0.1, -0.05) is 0 Å². The van der Waals surface area contributed by atoms with E-state index in [2.05, 4.69) is 15.2 Å². The Kier molecular flexibility index (Phi) is 4.18. The topological polar surface area (TPSA) is 79.4 Å². The Morgan fingerprint density at radius 3 is 2.64 bits per heavy atom. The molecule has 2 amide bonds. The lowest BCUT2D eigenvalue weighted by atomic mass is 9.91. The second kappa shape index (κ2) is 6.25. The predicted octanol–water partition coefficient (Wildman–Crippen LogP) is 1.02. The van der Waals surface area contributed by atoms with Crippen molar-refractivity contribution in [2.24, 2.45) is 5.92 Å². The molecule has 0 spiro atoms. The first-order valence-electron chi connectivity index (χ1n) is 7.66. The summed E-state index contributed by atoms with van der Waals surface area (Å²) in [4.78, 5) is 40.5. The molecule has 116 valence electrons. The van der Waals surface area contributed by atoms with E-state index in [1.54, 1.807) is 12.4 Å². The molecule has 1 N–H and O–H groups in total. The van der Waals surface area contributed by atoms with Gasteiger partial charge in [-0.15, -0.1) is 0 Å². The van der Waals surface area contributed by atoms with Crippen molar-refractivity contribution in [3.05, 3.63) is 24.0 Å². The van der Waals surface area contributed by atoms with Crippen LogP contribution < -0.4 is 10.2 Å². The van der Waals surface area contributed by atoms with E-state index in [9.17, 15) is 14.4 Å². The second-order valence-electron chi connectivity index (χ2n) is 5.94. The molecule has 1 aromatic heterocycles. The number of nitrogens with one attached hydrogen (secondary N) is 1. The standard InChI is InChI=1S/C16H19N3O3/c20-10-11-3-5-19(6-4-11)13-7-12(8-17-9-13)14-1-2-15(21)18-16(14)22/h7-11,14H,1-6H2,(H,18,21,22). The third-order valence-electron chi connectivity index (χ3n) is 4.48. The highest BCUT2D eigenvalue weighted by molar-refractivity contribution is 6.00. The van der Waals surface area contributed by atoms with Gasteiger partial charge in [-0.25, -0.2) is 0 Å². The summed E-state index contributed by atoms with van der Waals surface area (Å²) in [6, 6.07) is 1.98. The molecule has 0 aliphatic carbocycles. The maximum atomic E-state index is 12.0. The molecule has 6 heteroatoms. The Morgan fingerprint density at radius 2 is 1.95 bits per heavy atom. The van der Waals surface area contributed by atoms with Crippen molar-refractivity contribution < 1.29 is 14.4 Å². The van der Waals surface area contributed by atoms with E-state index in [0.29, 0.717) is 12.8 Å². The number of hydrogen-bond acceptors (Lipinski definition) is 5. The Labute approximate surface area is 128 Å². The highest BCUT2D eigenvalue weighted by Crippen LogP contribution is 2.28. The van der Waals surface area contributed by atoms with Crippen molar-refractivity contribution in [2.75, 3.05) is 18.0 Å². The molecule has 3 heterocycles. The number of nitrogens with zero attached hydrogens (tertiary/aromatic N) is 2. The van der Waals surface area contributed by atoms with E-state index < -0.39 is 0 Å². The zero-order chi connectivity index (χ0) is 15.5. The lowest BCUT2D eigenvalue weighted by Crippen LogP contribution is -2.39. The number of pyridine rings is 1. The monoisotopic (exact) mass is 301 g/mol. The third-order valence-corrected chi connectivity index (χ3v) is 4.48. The van der Waals surface area contributed by atoms with Crippen LogP contribution in [0.15, 0.2) is 18.5 Å².